The van der Waals surface area contributed by atoms with Crippen LogP contribution in [-0.4, -0.2) is 96.8 Å². The summed E-state index contributed by atoms with van der Waals surface area (Å²) in [7, 11) is -1.43. The van der Waals surface area contributed by atoms with E-state index in [2.05, 4.69) is 40.7 Å². The second-order valence-electron chi connectivity index (χ2n) is 15.6. The number of carboxylic acid groups (broad SMARTS) is 1. The van der Waals surface area contributed by atoms with Gasteiger partial charge in [-0.15, -0.1) is 0 Å². The van der Waals surface area contributed by atoms with Gasteiger partial charge in [-0.25, -0.2) is 5.43 Å². The molecule has 3 amide bonds. The van der Waals surface area contributed by atoms with Gasteiger partial charge < -0.3 is 25.2 Å². The molecule has 1 aliphatic heterocycles. The summed E-state index contributed by atoms with van der Waals surface area (Å²) >= 11 is 0. The summed E-state index contributed by atoms with van der Waals surface area (Å²) in [5.41, 5.74) is 0.649. The minimum Gasteiger partial charge on any atom is -0.480 e. The summed E-state index contributed by atoms with van der Waals surface area (Å²) in [4.78, 5) is 69.2. The number of amides is 3. The maximum Gasteiger partial charge on any atom is 0.322 e. The number of aromatic nitrogens is 1. The highest BCUT2D eigenvalue weighted by molar-refractivity contribution is 6.76. The molecule has 4 N–H and O–H groups in total. The number of nitrogens with one attached hydrogen (secondary N) is 3. The molecule has 282 valence electrons. The molecule has 0 bridgehead atoms. The lowest BCUT2D eigenvalue weighted by Gasteiger charge is -2.36. The Morgan fingerprint density at radius 2 is 1.88 bits per heavy atom. The van der Waals surface area contributed by atoms with Crippen molar-refractivity contribution in [3.05, 3.63) is 41.0 Å². The van der Waals surface area contributed by atoms with Crippen LogP contribution >= 0.6 is 0 Å². The van der Waals surface area contributed by atoms with E-state index >= 15 is 0 Å². The molecule has 1 saturated heterocycles. The van der Waals surface area contributed by atoms with Crippen molar-refractivity contribution in [2.24, 2.45) is 16.7 Å². The van der Waals surface area contributed by atoms with Crippen molar-refractivity contribution in [1.82, 2.24) is 26.1 Å². The van der Waals surface area contributed by atoms with Crippen LogP contribution in [0.3, 0.4) is 0 Å². The van der Waals surface area contributed by atoms with Gasteiger partial charge in [0.25, 0.3) is 5.91 Å². The SMILES string of the molecule is CC(=O)O[C@H](C)C1(/C=C/[C@@](C)(COCC[Si](C)(C)C)C(=O)N[C@H](C(=O)N[C@@H](C)C(=O)N2CCC[C@@H](C(=O)O)N2)C(C)C)C=c2ncccc2=CC1. The van der Waals surface area contributed by atoms with Gasteiger partial charge >= 0.3 is 11.9 Å². The van der Waals surface area contributed by atoms with Crippen LogP contribution in [0.15, 0.2) is 30.5 Å². The lowest BCUT2D eigenvalue weighted by atomic mass is 9.74. The molecule has 0 aromatic carbocycles. The molecule has 1 aliphatic carbocycles. The van der Waals surface area contributed by atoms with Crippen molar-refractivity contribution in [1.29, 1.82) is 0 Å². The number of nitrogens with zero attached hydrogens (tertiary/aromatic N) is 2. The number of hydrazine groups is 1. The van der Waals surface area contributed by atoms with Gasteiger partial charge in [0.15, 0.2) is 0 Å². The third-order valence-corrected chi connectivity index (χ3v) is 11.1. The van der Waals surface area contributed by atoms with Crippen LogP contribution in [0.25, 0.3) is 12.2 Å². The Bertz CT molecular complexity index is 1590. The molecular weight excluding hydrogens is 671 g/mol. The Balaban J connectivity index is 1.90. The quantitative estimate of drug-likeness (QED) is 0.0855. The number of pyridine rings is 1. The minimum atomic E-state index is -1.43. The van der Waals surface area contributed by atoms with Crippen LogP contribution in [0.1, 0.15) is 60.8 Å². The molecule has 3 rings (SSSR count). The summed E-state index contributed by atoms with van der Waals surface area (Å²) in [6.45, 7) is 17.6. The van der Waals surface area contributed by atoms with E-state index in [9.17, 15) is 29.1 Å². The van der Waals surface area contributed by atoms with E-state index in [0.29, 0.717) is 32.4 Å². The monoisotopic (exact) mass is 727 g/mol. The van der Waals surface area contributed by atoms with Gasteiger partial charge in [0.1, 0.15) is 24.2 Å². The zero-order chi connectivity index (χ0) is 38.1. The highest BCUT2D eigenvalue weighted by atomic mass is 28.3. The standard InChI is InChI=1S/C37H57N5O8Si/c1-24(2)31(32(44)39-25(3)33(45)42-19-11-13-29(41-42)34(46)47)40-35(48)36(6,23-49-20-21-51(7,8)9)16-17-37(26(4)50-27(5)43)15-14-28-12-10-18-38-30(28)22-37/h10,12,14,16-18,22,24-26,29,31,41H,11,13,15,19-21,23H2,1-9H3,(H,39,44)(H,40,48)(H,46,47)/b17-16+/t25-,26+,29-,31-,36-,37?/m0/s1. The molecule has 1 unspecified atom stereocenters. The fourth-order valence-corrected chi connectivity index (χ4v) is 6.73. The number of carbonyl (C=O) groups excluding carboxylic acids is 4. The van der Waals surface area contributed by atoms with Crippen LogP contribution in [0.5, 0.6) is 0 Å². The molecule has 51 heavy (non-hydrogen) atoms. The van der Waals surface area contributed by atoms with E-state index in [1.165, 1.54) is 18.9 Å². The molecule has 1 aromatic heterocycles. The van der Waals surface area contributed by atoms with Crippen LogP contribution in [0, 0.1) is 16.7 Å². The molecular formula is C37H57N5O8Si. The first-order chi connectivity index (χ1) is 23.8. The predicted molar refractivity (Wildman–Crippen MR) is 197 cm³/mol. The lowest BCUT2D eigenvalue weighted by Crippen LogP contribution is -2.61. The largest absolute Gasteiger partial charge is 0.480 e. The van der Waals surface area contributed by atoms with Gasteiger partial charge in [0.05, 0.1) is 17.4 Å². The Hall–Kier alpha value is -3.88. The number of ether oxygens (including phenoxy) is 2. The summed E-state index contributed by atoms with van der Waals surface area (Å²) in [6.07, 6.45) is 10.2. The van der Waals surface area contributed by atoms with E-state index in [-0.39, 0.29) is 12.5 Å². The van der Waals surface area contributed by atoms with Crippen molar-refractivity contribution in [3.8, 4) is 0 Å². The molecule has 0 spiro atoms. The van der Waals surface area contributed by atoms with E-state index < -0.39 is 72.8 Å². The number of carbonyl (C=O) groups is 5. The fraction of sp³-hybridized carbons (Fsp3) is 0.622. The van der Waals surface area contributed by atoms with Crippen molar-refractivity contribution in [2.45, 2.75) is 111 Å². The number of hydrogen-bond donors (Lipinski definition) is 4. The average molecular weight is 728 g/mol. The van der Waals surface area contributed by atoms with Crippen molar-refractivity contribution in [2.75, 3.05) is 19.8 Å². The zero-order valence-electron chi connectivity index (χ0n) is 31.6. The molecule has 0 saturated carbocycles. The van der Waals surface area contributed by atoms with Gasteiger partial charge in [-0.2, -0.15) is 0 Å². The van der Waals surface area contributed by atoms with Crippen LogP contribution in [0.2, 0.25) is 25.7 Å². The van der Waals surface area contributed by atoms with Crippen molar-refractivity contribution < 1.29 is 38.6 Å². The first-order valence-electron chi connectivity index (χ1n) is 17.8. The summed E-state index contributed by atoms with van der Waals surface area (Å²) < 4.78 is 11.8. The van der Waals surface area contributed by atoms with Gasteiger partial charge in [-0.3, -0.25) is 34.0 Å². The molecule has 6 atom stereocenters. The molecule has 0 radical (unpaired) electrons. The molecule has 14 heteroatoms. The minimum absolute atomic E-state index is 0.0308. The van der Waals surface area contributed by atoms with E-state index in [1.54, 1.807) is 33.0 Å². The second-order valence-corrected chi connectivity index (χ2v) is 21.2. The number of aliphatic carboxylic acids is 1. The van der Waals surface area contributed by atoms with Gasteiger partial charge in [0, 0.05) is 39.8 Å². The first-order valence-corrected chi connectivity index (χ1v) is 21.5. The number of esters is 1. The zero-order valence-corrected chi connectivity index (χ0v) is 32.6. The topological polar surface area (TPSA) is 176 Å². The predicted octanol–water partition coefficient (Wildman–Crippen LogP) is 2.13. The highest BCUT2D eigenvalue weighted by Gasteiger charge is 2.40. The number of rotatable bonds is 16. The molecule has 2 aliphatic rings. The van der Waals surface area contributed by atoms with E-state index in [0.717, 1.165) is 16.6 Å². The summed E-state index contributed by atoms with van der Waals surface area (Å²) in [6, 6.07) is 1.85. The Morgan fingerprint density at radius 3 is 2.51 bits per heavy atom. The second kappa shape index (κ2) is 17.6. The Morgan fingerprint density at radius 1 is 1.18 bits per heavy atom. The summed E-state index contributed by atoms with van der Waals surface area (Å²) in [5, 5.41) is 18.0. The number of hydrogen-bond acceptors (Lipinski definition) is 9. The first kappa shape index (κ1) is 41.5. The molecule has 1 aromatic rings. The van der Waals surface area contributed by atoms with Crippen molar-refractivity contribution in [3.63, 3.8) is 0 Å². The van der Waals surface area contributed by atoms with E-state index in [1.807, 2.05) is 37.3 Å². The smallest absolute Gasteiger partial charge is 0.322 e. The number of carboxylic acids is 1. The third kappa shape index (κ3) is 11.6. The summed E-state index contributed by atoms with van der Waals surface area (Å²) in [5.74, 6) is -3.30. The van der Waals surface area contributed by atoms with Crippen LogP contribution < -0.4 is 26.6 Å². The van der Waals surface area contributed by atoms with Gasteiger partial charge in [-0.1, -0.05) is 57.8 Å². The van der Waals surface area contributed by atoms with Crippen LogP contribution in [0.4, 0.5) is 0 Å². The molecule has 2 heterocycles. The number of fused-ring (bicyclic) bond motifs is 1. The van der Waals surface area contributed by atoms with Gasteiger partial charge in [-0.05, 0) is 69.4 Å². The average Bonchev–Trinajstić information content (AvgIpc) is 3.06. The Labute approximate surface area is 302 Å². The normalized spacial score (nSPS) is 22.0. The lowest BCUT2D eigenvalue weighted by molar-refractivity contribution is -0.149. The maximum absolute atomic E-state index is 14.3. The fourth-order valence-electron chi connectivity index (χ4n) is 5.97. The third-order valence-electron chi connectivity index (χ3n) is 9.45. The van der Waals surface area contributed by atoms with Gasteiger partial charge in [0.2, 0.25) is 11.8 Å². The highest BCUT2D eigenvalue weighted by Crippen LogP contribution is 2.37. The molecule has 13 nitrogen and oxygen atoms in total. The van der Waals surface area contributed by atoms with Crippen LogP contribution in [-0.2, 0) is 33.4 Å². The van der Waals surface area contributed by atoms with E-state index in [4.69, 9.17) is 9.47 Å². The maximum atomic E-state index is 14.3. The molecule has 1 fully saturated rings. The Kier molecular flexibility index (Phi) is 14.3. The van der Waals surface area contributed by atoms with Crippen molar-refractivity contribution >= 4 is 49.9 Å².